The summed E-state index contributed by atoms with van der Waals surface area (Å²) in [5.41, 5.74) is 2.86. The molecular weight excluding hydrogens is 264 g/mol. The number of carboxylic acid groups (broad SMARTS) is 1. The SMILES string of the molecule is CCc1ccc(C(=O)/C=C/c2ccc(C(=O)O)cc2)cc1. The van der Waals surface area contributed by atoms with Crippen molar-refractivity contribution in [2.75, 3.05) is 0 Å². The molecule has 2 rings (SSSR count). The van der Waals surface area contributed by atoms with Crippen molar-refractivity contribution in [1.82, 2.24) is 0 Å². The van der Waals surface area contributed by atoms with Crippen LogP contribution in [0.25, 0.3) is 6.08 Å². The van der Waals surface area contributed by atoms with E-state index in [-0.39, 0.29) is 11.3 Å². The summed E-state index contributed by atoms with van der Waals surface area (Å²) in [5, 5.41) is 8.81. The molecule has 0 spiro atoms. The first-order valence-electron chi connectivity index (χ1n) is 6.75. The molecule has 21 heavy (non-hydrogen) atoms. The molecule has 0 radical (unpaired) electrons. The molecule has 106 valence electrons. The number of ketones is 1. The number of allylic oxidation sites excluding steroid dienone is 1. The van der Waals surface area contributed by atoms with Crippen molar-refractivity contribution in [3.63, 3.8) is 0 Å². The lowest BCUT2D eigenvalue weighted by Crippen LogP contribution is -1.95. The van der Waals surface area contributed by atoms with Crippen LogP contribution in [0.5, 0.6) is 0 Å². The van der Waals surface area contributed by atoms with E-state index in [0.29, 0.717) is 5.56 Å². The smallest absolute Gasteiger partial charge is 0.335 e. The average Bonchev–Trinajstić information content (AvgIpc) is 2.53. The lowest BCUT2D eigenvalue weighted by molar-refractivity contribution is 0.0696. The van der Waals surface area contributed by atoms with Gasteiger partial charge in [-0.1, -0.05) is 49.4 Å². The fourth-order valence-corrected chi connectivity index (χ4v) is 1.91. The number of aromatic carboxylic acids is 1. The second-order valence-corrected chi connectivity index (χ2v) is 4.68. The van der Waals surface area contributed by atoms with Crippen LogP contribution in [-0.4, -0.2) is 16.9 Å². The van der Waals surface area contributed by atoms with Crippen LogP contribution in [-0.2, 0) is 6.42 Å². The molecule has 0 saturated carbocycles. The van der Waals surface area contributed by atoms with E-state index in [1.54, 1.807) is 18.2 Å². The van der Waals surface area contributed by atoms with Gasteiger partial charge in [-0.15, -0.1) is 0 Å². The highest BCUT2D eigenvalue weighted by atomic mass is 16.4. The molecule has 0 amide bonds. The van der Waals surface area contributed by atoms with Crippen LogP contribution < -0.4 is 0 Å². The van der Waals surface area contributed by atoms with Gasteiger partial charge in [0.1, 0.15) is 0 Å². The molecule has 0 unspecified atom stereocenters. The molecule has 2 aromatic carbocycles. The van der Waals surface area contributed by atoms with Crippen molar-refractivity contribution in [1.29, 1.82) is 0 Å². The maximum absolute atomic E-state index is 12.0. The van der Waals surface area contributed by atoms with Crippen molar-refractivity contribution < 1.29 is 14.7 Å². The van der Waals surface area contributed by atoms with Gasteiger partial charge < -0.3 is 5.11 Å². The molecular formula is C18H16O3. The lowest BCUT2D eigenvalue weighted by atomic mass is 10.1. The van der Waals surface area contributed by atoms with Gasteiger partial charge in [0.25, 0.3) is 0 Å². The third-order valence-electron chi connectivity index (χ3n) is 3.23. The zero-order valence-corrected chi connectivity index (χ0v) is 11.7. The Morgan fingerprint density at radius 1 is 0.952 bits per heavy atom. The predicted octanol–water partition coefficient (Wildman–Crippen LogP) is 3.84. The van der Waals surface area contributed by atoms with Gasteiger partial charge in [-0.25, -0.2) is 4.79 Å². The zero-order chi connectivity index (χ0) is 15.2. The number of hydrogen-bond acceptors (Lipinski definition) is 2. The predicted molar refractivity (Wildman–Crippen MR) is 82.6 cm³/mol. The minimum atomic E-state index is -0.961. The minimum Gasteiger partial charge on any atom is -0.478 e. The third kappa shape index (κ3) is 3.89. The lowest BCUT2D eigenvalue weighted by Gasteiger charge is -1.99. The van der Waals surface area contributed by atoms with E-state index < -0.39 is 5.97 Å². The van der Waals surface area contributed by atoms with Crippen LogP contribution in [0, 0.1) is 0 Å². The van der Waals surface area contributed by atoms with Gasteiger partial charge in [-0.05, 0) is 35.8 Å². The van der Waals surface area contributed by atoms with Crippen LogP contribution in [0.15, 0.2) is 54.6 Å². The van der Waals surface area contributed by atoms with Crippen LogP contribution in [0.3, 0.4) is 0 Å². The third-order valence-corrected chi connectivity index (χ3v) is 3.23. The summed E-state index contributed by atoms with van der Waals surface area (Å²) in [5.74, 6) is -1.03. The molecule has 0 bridgehead atoms. The highest BCUT2D eigenvalue weighted by Crippen LogP contribution is 2.09. The minimum absolute atomic E-state index is 0.0695. The maximum Gasteiger partial charge on any atom is 0.335 e. The Morgan fingerprint density at radius 3 is 2.05 bits per heavy atom. The number of hydrogen-bond donors (Lipinski definition) is 1. The van der Waals surface area contributed by atoms with Gasteiger partial charge in [-0.3, -0.25) is 4.79 Å². The van der Waals surface area contributed by atoms with Crippen molar-refractivity contribution >= 4 is 17.8 Å². The summed E-state index contributed by atoms with van der Waals surface area (Å²) in [6.45, 7) is 2.07. The van der Waals surface area contributed by atoms with Gasteiger partial charge >= 0.3 is 5.97 Å². The Kier molecular flexibility index (Phi) is 4.67. The average molecular weight is 280 g/mol. The molecule has 0 saturated heterocycles. The van der Waals surface area contributed by atoms with E-state index in [1.165, 1.54) is 23.8 Å². The number of carboxylic acids is 1. The fraction of sp³-hybridized carbons (Fsp3) is 0.111. The summed E-state index contributed by atoms with van der Waals surface area (Å²) in [6, 6.07) is 13.9. The van der Waals surface area contributed by atoms with Gasteiger partial charge in [0.15, 0.2) is 5.78 Å². The molecule has 1 N–H and O–H groups in total. The van der Waals surface area contributed by atoms with E-state index in [1.807, 2.05) is 24.3 Å². The summed E-state index contributed by atoms with van der Waals surface area (Å²) >= 11 is 0. The number of rotatable bonds is 5. The van der Waals surface area contributed by atoms with Crippen LogP contribution >= 0.6 is 0 Å². The molecule has 0 atom stereocenters. The molecule has 0 aliphatic rings. The molecule has 0 aromatic heterocycles. The summed E-state index contributed by atoms with van der Waals surface area (Å²) in [7, 11) is 0. The normalized spacial score (nSPS) is 10.7. The van der Waals surface area contributed by atoms with Crippen molar-refractivity contribution in [3.05, 3.63) is 76.9 Å². The van der Waals surface area contributed by atoms with Gasteiger partial charge in [0, 0.05) is 5.56 Å². The first-order chi connectivity index (χ1) is 10.1. The Hall–Kier alpha value is -2.68. The van der Waals surface area contributed by atoms with E-state index in [2.05, 4.69) is 6.92 Å². The van der Waals surface area contributed by atoms with Crippen LogP contribution in [0.4, 0.5) is 0 Å². The molecule has 3 heteroatoms. The van der Waals surface area contributed by atoms with E-state index in [9.17, 15) is 9.59 Å². The summed E-state index contributed by atoms with van der Waals surface area (Å²) in [6.07, 6.45) is 4.12. The van der Waals surface area contributed by atoms with E-state index in [0.717, 1.165) is 12.0 Å². The summed E-state index contributed by atoms with van der Waals surface area (Å²) < 4.78 is 0. The number of benzene rings is 2. The van der Waals surface area contributed by atoms with Crippen LogP contribution in [0.1, 0.15) is 38.8 Å². The van der Waals surface area contributed by atoms with Gasteiger partial charge in [-0.2, -0.15) is 0 Å². The topological polar surface area (TPSA) is 54.4 Å². The van der Waals surface area contributed by atoms with Crippen molar-refractivity contribution in [2.45, 2.75) is 13.3 Å². The number of carbonyl (C=O) groups excluding carboxylic acids is 1. The standard InChI is InChI=1S/C18H16O3/c1-2-13-3-8-15(9-4-13)17(19)12-7-14-5-10-16(11-6-14)18(20)21/h3-12H,2H2,1H3,(H,20,21)/b12-7+. The highest BCUT2D eigenvalue weighted by molar-refractivity contribution is 6.06. The quantitative estimate of drug-likeness (QED) is 0.668. The monoisotopic (exact) mass is 280 g/mol. The first kappa shape index (κ1) is 14.7. The molecule has 0 aliphatic carbocycles. The molecule has 0 fully saturated rings. The van der Waals surface area contributed by atoms with Crippen molar-refractivity contribution in [3.8, 4) is 0 Å². The Labute approximate surface area is 123 Å². The van der Waals surface area contributed by atoms with Crippen LogP contribution in [0.2, 0.25) is 0 Å². The van der Waals surface area contributed by atoms with Gasteiger partial charge in [0.2, 0.25) is 0 Å². The van der Waals surface area contributed by atoms with Crippen molar-refractivity contribution in [2.24, 2.45) is 0 Å². The van der Waals surface area contributed by atoms with E-state index in [4.69, 9.17) is 5.11 Å². The second-order valence-electron chi connectivity index (χ2n) is 4.68. The summed E-state index contributed by atoms with van der Waals surface area (Å²) in [4.78, 5) is 22.8. The molecule has 2 aromatic rings. The highest BCUT2D eigenvalue weighted by Gasteiger charge is 2.02. The van der Waals surface area contributed by atoms with Gasteiger partial charge in [0.05, 0.1) is 5.56 Å². The Bertz CT molecular complexity index is 665. The molecule has 3 nitrogen and oxygen atoms in total. The largest absolute Gasteiger partial charge is 0.478 e. The maximum atomic E-state index is 12.0. The molecule has 0 heterocycles. The number of aryl methyl sites for hydroxylation is 1. The fourth-order valence-electron chi connectivity index (χ4n) is 1.91. The number of carbonyl (C=O) groups is 2. The van der Waals surface area contributed by atoms with E-state index >= 15 is 0 Å². The molecule has 0 aliphatic heterocycles. The first-order valence-corrected chi connectivity index (χ1v) is 6.75. The Morgan fingerprint density at radius 2 is 1.52 bits per heavy atom. The Balaban J connectivity index is 2.08. The second kappa shape index (κ2) is 6.66. The zero-order valence-electron chi connectivity index (χ0n) is 11.7.